The minimum atomic E-state index is 1.28. The molecule has 2 rings (SSSR count). The normalized spacial score (nSPS) is 11.2. The Morgan fingerprint density at radius 2 is 1.25 bits per heavy atom. The van der Waals surface area contributed by atoms with Crippen LogP contribution in [0.2, 0.25) is 0 Å². The molecule has 1 aromatic heterocycles. The maximum absolute atomic E-state index is 2.52. The lowest BCUT2D eigenvalue weighted by Crippen LogP contribution is -1.91. The third-order valence-corrected chi connectivity index (χ3v) is 7.13. The summed E-state index contributed by atoms with van der Waals surface area (Å²) in [6, 6.07) is 11.4. The first-order valence-corrected chi connectivity index (χ1v) is 12.8. The van der Waals surface area contributed by atoms with Crippen LogP contribution in [0, 0.1) is 6.92 Å². The molecule has 0 amide bonds. The van der Waals surface area contributed by atoms with Gasteiger partial charge in [-0.05, 0) is 55.4 Å². The molecule has 0 spiro atoms. The monoisotopic (exact) mass is 398 g/mol. The Morgan fingerprint density at radius 1 is 0.679 bits per heavy atom. The SMILES string of the molecule is CCCCCCCCc1cc(-c2ccccc2C)sc1CCCCCCCC. The number of unbranched alkanes of at least 4 members (excludes halogenated alkanes) is 10. The lowest BCUT2D eigenvalue weighted by atomic mass is 10.0. The molecule has 0 bridgehead atoms. The van der Waals surface area contributed by atoms with Crippen LogP contribution in [0.15, 0.2) is 30.3 Å². The van der Waals surface area contributed by atoms with E-state index < -0.39 is 0 Å². The first kappa shape index (κ1) is 23.2. The molecule has 0 unspecified atom stereocenters. The zero-order valence-electron chi connectivity index (χ0n) is 18.7. The fourth-order valence-electron chi connectivity index (χ4n) is 4.03. The van der Waals surface area contributed by atoms with Crippen molar-refractivity contribution in [2.45, 2.75) is 111 Å². The minimum Gasteiger partial charge on any atom is -0.140 e. The van der Waals surface area contributed by atoms with Crippen molar-refractivity contribution >= 4 is 11.3 Å². The molecule has 0 atom stereocenters. The maximum Gasteiger partial charge on any atom is 0.0351 e. The number of aryl methyl sites for hydroxylation is 3. The number of thiophene rings is 1. The molecule has 0 aliphatic carbocycles. The van der Waals surface area contributed by atoms with Crippen molar-refractivity contribution in [1.29, 1.82) is 0 Å². The third kappa shape index (κ3) is 8.11. The highest BCUT2D eigenvalue weighted by atomic mass is 32.1. The Kier molecular flexibility index (Phi) is 11.6. The number of rotatable bonds is 15. The lowest BCUT2D eigenvalue weighted by molar-refractivity contribution is 0.601. The van der Waals surface area contributed by atoms with Crippen LogP contribution in [-0.4, -0.2) is 0 Å². The van der Waals surface area contributed by atoms with Gasteiger partial charge in [0, 0.05) is 9.75 Å². The summed E-state index contributed by atoms with van der Waals surface area (Å²) in [5, 5.41) is 0. The molecule has 0 nitrogen and oxygen atoms in total. The zero-order valence-corrected chi connectivity index (χ0v) is 19.5. The van der Waals surface area contributed by atoms with Crippen molar-refractivity contribution in [3.63, 3.8) is 0 Å². The van der Waals surface area contributed by atoms with Crippen LogP contribution in [0.1, 0.15) is 107 Å². The van der Waals surface area contributed by atoms with Gasteiger partial charge in [0.1, 0.15) is 0 Å². The average molecular weight is 399 g/mol. The molecule has 2 aromatic rings. The molecule has 0 N–H and O–H groups in total. The van der Waals surface area contributed by atoms with Gasteiger partial charge in [-0.2, -0.15) is 0 Å². The Balaban J connectivity index is 1.95. The zero-order chi connectivity index (χ0) is 20.0. The largest absolute Gasteiger partial charge is 0.140 e. The first-order valence-electron chi connectivity index (χ1n) is 11.9. The highest BCUT2D eigenvalue weighted by molar-refractivity contribution is 7.15. The van der Waals surface area contributed by atoms with Crippen LogP contribution in [0.3, 0.4) is 0 Å². The number of benzene rings is 1. The summed E-state index contributed by atoms with van der Waals surface area (Å²) in [5.41, 5.74) is 4.49. The molecule has 1 heteroatoms. The van der Waals surface area contributed by atoms with Gasteiger partial charge >= 0.3 is 0 Å². The fourth-order valence-corrected chi connectivity index (χ4v) is 5.38. The van der Waals surface area contributed by atoms with Crippen molar-refractivity contribution in [3.8, 4) is 10.4 Å². The second-order valence-corrected chi connectivity index (χ2v) is 9.55. The lowest BCUT2D eigenvalue weighted by Gasteiger charge is -2.05. The summed E-state index contributed by atoms with van der Waals surface area (Å²) in [5.74, 6) is 0. The van der Waals surface area contributed by atoms with Crippen LogP contribution < -0.4 is 0 Å². The summed E-state index contributed by atoms with van der Waals surface area (Å²) in [4.78, 5) is 3.15. The van der Waals surface area contributed by atoms with Gasteiger partial charge in [0.25, 0.3) is 0 Å². The minimum absolute atomic E-state index is 1.28. The Morgan fingerprint density at radius 3 is 1.89 bits per heavy atom. The molecule has 28 heavy (non-hydrogen) atoms. The second kappa shape index (κ2) is 14.0. The predicted molar refractivity (Wildman–Crippen MR) is 129 cm³/mol. The van der Waals surface area contributed by atoms with Crippen LogP contribution in [0.5, 0.6) is 0 Å². The Hall–Kier alpha value is -1.08. The molecule has 1 heterocycles. The van der Waals surface area contributed by atoms with E-state index in [2.05, 4.69) is 62.4 Å². The molecule has 0 radical (unpaired) electrons. The summed E-state index contributed by atoms with van der Waals surface area (Å²) in [7, 11) is 0. The van der Waals surface area contributed by atoms with Crippen molar-refractivity contribution in [2.24, 2.45) is 0 Å². The predicted octanol–water partition coefficient (Wildman–Crippen LogP) is 9.53. The van der Waals surface area contributed by atoms with E-state index in [1.54, 1.807) is 10.4 Å². The van der Waals surface area contributed by atoms with E-state index in [4.69, 9.17) is 0 Å². The van der Waals surface area contributed by atoms with Crippen LogP contribution in [0.25, 0.3) is 10.4 Å². The van der Waals surface area contributed by atoms with Gasteiger partial charge in [0.2, 0.25) is 0 Å². The third-order valence-electron chi connectivity index (χ3n) is 5.86. The molecular weight excluding hydrogens is 356 g/mol. The van der Waals surface area contributed by atoms with E-state index >= 15 is 0 Å². The second-order valence-electron chi connectivity index (χ2n) is 8.41. The fraction of sp³-hybridized carbons (Fsp3) is 0.630. The molecule has 0 saturated heterocycles. The summed E-state index contributed by atoms with van der Waals surface area (Å²) in [6.07, 6.45) is 19.2. The average Bonchev–Trinajstić information content (AvgIpc) is 3.10. The van der Waals surface area contributed by atoms with Gasteiger partial charge in [-0.3, -0.25) is 0 Å². The standard InChI is InChI=1S/C27H42S/c1-4-6-8-10-12-14-19-24-22-27(25-20-17-16-18-23(25)3)28-26(24)21-15-13-11-9-7-5-2/h16-18,20,22H,4-15,19,21H2,1-3H3. The first-order chi connectivity index (χ1) is 13.8. The van der Waals surface area contributed by atoms with Crippen molar-refractivity contribution < 1.29 is 0 Å². The van der Waals surface area contributed by atoms with E-state index in [0.29, 0.717) is 0 Å². The van der Waals surface area contributed by atoms with Crippen LogP contribution in [-0.2, 0) is 12.8 Å². The molecule has 1 aromatic carbocycles. The quantitative estimate of drug-likeness (QED) is 0.262. The van der Waals surface area contributed by atoms with E-state index in [-0.39, 0.29) is 0 Å². The van der Waals surface area contributed by atoms with E-state index in [0.717, 1.165) is 0 Å². The number of hydrogen-bond donors (Lipinski definition) is 0. The Bertz CT molecular complexity index is 619. The van der Waals surface area contributed by atoms with E-state index in [1.165, 1.54) is 106 Å². The van der Waals surface area contributed by atoms with Gasteiger partial charge in [-0.25, -0.2) is 0 Å². The molecule has 0 aliphatic rings. The van der Waals surface area contributed by atoms with Gasteiger partial charge < -0.3 is 0 Å². The smallest absolute Gasteiger partial charge is 0.0351 e. The topological polar surface area (TPSA) is 0 Å². The van der Waals surface area contributed by atoms with Gasteiger partial charge in [-0.15, -0.1) is 11.3 Å². The van der Waals surface area contributed by atoms with E-state index in [9.17, 15) is 0 Å². The van der Waals surface area contributed by atoms with Crippen molar-refractivity contribution in [3.05, 3.63) is 46.3 Å². The van der Waals surface area contributed by atoms with Gasteiger partial charge in [0.05, 0.1) is 0 Å². The van der Waals surface area contributed by atoms with Gasteiger partial charge in [0.15, 0.2) is 0 Å². The molecule has 0 saturated carbocycles. The Labute approximate surface area is 178 Å². The van der Waals surface area contributed by atoms with Crippen LogP contribution >= 0.6 is 11.3 Å². The maximum atomic E-state index is 2.52. The van der Waals surface area contributed by atoms with Crippen molar-refractivity contribution in [2.75, 3.05) is 0 Å². The van der Waals surface area contributed by atoms with E-state index in [1.807, 2.05) is 0 Å². The van der Waals surface area contributed by atoms with Crippen molar-refractivity contribution in [1.82, 2.24) is 0 Å². The molecular formula is C27H42S. The molecule has 156 valence electrons. The highest BCUT2D eigenvalue weighted by Crippen LogP contribution is 2.35. The van der Waals surface area contributed by atoms with Crippen LogP contribution in [0.4, 0.5) is 0 Å². The summed E-state index contributed by atoms with van der Waals surface area (Å²) >= 11 is 2.07. The summed E-state index contributed by atoms with van der Waals surface area (Å²) < 4.78 is 0. The molecule has 0 fully saturated rings. The number of hydrogen-bond acceptors (Lipinski definition) is 1. The highest BCUT2D eigenvalue weighted by Gasteiger charge is 2.12. The van der Waals surface area contributed by atoms with Gasteiger partial charge in [-0.1, -0.05) is 102 Å². The molecule has 0 aliphatic heterocycles. The summed E-state index contributed by atoms with van der Waals surface area (Å²) in [6.45, 7) is 6.84.